The molecule has 0 spiro atoms. The van der Waals surface area contributed by atoms with E-state index in [1.165, 1.54) is 31.7 Å². The summed E-state index contributed by atoms with van der Waals surface area (Å²) in [6.07, 6.45) is 6.19. The van der Waals surface area contributed by atoms with Crippen molar-refractivity contribution in [2.45, 2.75) is 38.1 Å². The summed E-state index contributed by atoms with van der Waals surface area (Å²) in [5.74, 6) is -0.324. The Morgan fingerprint density at radius 1 is 1.19 bits per heavy atom. The maximum absolute atomic E-state index is 13.1. The lowest BCUT2D eigenvalue weighted by atomic mass is 9.97. The molecule has 1 fully saturated rings. The molecule has 16 heavy (non-hydrogen) atoms. The van der Waals surface area contributed by atoms with Crippen molar-refractivity contribution in [2.75, 3.05) is 12.3 Å². The molecule has 1 aliphatic rings. The Kier molecular flexibility index (Phi) is 3.78. The summed E-state index contributed by atoms with van der Waals surface area (Å²) < 4.78 is 13.1. The van der Waals surface area contributed by atoms with Gasteiger partial charge < -0.3 is 11.1 Å². The lowest BCUT2D eigenvalue weighted by molar-refractivity contribution is 0.427. The molecule has 0 radical (unpaired) electrons. The summed E-state index contributed by atoms with van der Waals surface area (Å²) in [7, 11) is 0. The molecule has 0 aromatic heterocycles. The van der Waals surface area contributed by atoms with Crippen LogP contribution in [-0.4, -0.2) is 6.54 Å². The van der Waals surface area contributed by atoms with E-state index in [9.17, 15) is 4.39 Å². The van der Waals surface area contributed by atoms with E-state index in [0.717, 1.165) is 18.5 Å². The first-order valence-electron chi connectivity index (χ1n) is 6.05. The van der Waals surface area contributed by atoms with Gasteiger partial charge in [-0.25, -0.2) is 4.39 Å². The smallest absolute Gasteiger partial charge is 0.146 e. The van der Waals surface area contributed by atoms with Gasteiger partial charge in [-0.3, -0.25) is 0 Å². The van der Waals surface area contributed by atoms with Gasteiger partial charge in [0.25, 0.3) is 0 Å². The quantitative estimate of drug-likeness (QED) is 0.717. The van der Waals surface area contributed by atoms with Crippen LogP contribution in [0.1, 0.15) is 43.7 Å². The zero-order chi connectivity index (χ0) is 11.4. The van der Waals surface area contributed by atoms with Gasteiger partial charge in [0, 0.05) is 6.04 Å². The largest absolute Gasteiger partial charge is 0.396 e. The number of nitrogens with one attached hydrogen (secondary N) is 1. The Bertz CT molecular complexity index is 344. The first-order chi connectivity index (χ1) is 7.77. The maximum atomic E-state index is 13.1. The van der Waals surface area contributed by atoms with Gasteiger partial charge in [-0.05, 0) is 37.1 Å². The molecule has 1 saturated heterocycles. The maximum Gasteiger partial charge on any atom is 0.146 e. The molecule has 1 aromatic rings. The second kappa shape index (κ2) is 5.30. The minimum absolute atomic E-state index is 0.251. The van der Waals surface area contributed by atoms with E-state index in [2.05, 4.69) is 5.32 Å². The van der Waals surface area contributed by atoms with E-state index in [1.54, 1.807) is 6.07 Å². The fourth-order valence-corrected chi connectivity index (χ4v) is 2.27. The zero-order valence-electron chi connectivity index (χ0n) is 9.51. The SMILES string of the molecule is Nc1cc(C2CCCCCCN2)ccc1F. The van der Waals surface area contributed by atoms with Crippen molar-refractivity contribution in [3.63, 3.8) is 0 Å². The summed E-state index contributed by atoms with van der Waals surface area (Å²) >= 11 is 0. The van der Waals surface area contributed by atoms with Crippen LogP contribution in [0, 0.1) is 5.82 Å². The summed E-state index contributed by atoms with van der Waals surface area (Å²) in [6, 6.07) is 5.40. The van der Waals surface area contributed by atoms with Gasteiger partial charge in [0.2, 0.25) is 0 Å². The van der Waals surface area contributed by atoms with Gasteiger partial charge in [-0.2, -0.15) is 0 Å². The van der Waals surface area contributed by atoms with Crippen molar-refractivity contribution in [3.8, 4) is 0 Å². The van der Waals surface area contributed by atoms with Gasteiger partial charge in [0.05, 0.1) is 5.69 Å². The molecule has 3 N–H and O–H groups in total. The van der Waals surface area contributed by atoms with E-state index < -0.39 is 0 Å². The number of rotatable bonds is 1. The number of anilines is 1. The van der Waals surface area contributed by atoms with Crippen LogP contribution in [0.25, 0.3) is 0 Å². The first kappa shape index (κ1) is 11.4. The average molecular weight is 222 g/mol. The van der Waals surface area contributed by atoms with Gasteiger partial charge in [-0.15, -0.1) is 0 Å². The molecule has 1 unspecified atom stereocenters. The van der Waals surface area contributed by atoms with Gasteiger partial charge in [0.1, 0.15) is 5.82 Å². The number of halogens is 1. The van der Waals surface area contributed by atoms with Crippen LogP contribution in [-0.2, 0) is 0 Å². The lowest BCUT2D eigenvalue weighted by Gasteiger charge is -2.22. The summed E-state index contributed by atoms with van der Waals surface area (Å²) in [4.78, 5) is 0. The molecule has 0 amide bonds. The fraction of sp³-hybridized carbons (Fsp3) is 0.538. The predicted molar refractivity (Wildman–Crippen MR) is 64.6 cm³/mol. The third kappa shape index (κ3) is 2.73. The van der Waals surface area contributed by atoms with Crippen LogP contribution in [0.5, 0.6) is 0 Å². The Balaban J connectivity index is 2.11. The zero-order valence-corrected chi connectivity index (χ0v) is 9.51. The van der Waals surface area contributed by atoms with E-state index in [0.29, 0.717) is 6.04 Å². The van der Waals surface area contributed by atoms with E-state index in [1.807, 2.05) is 6.07 Å². The van der Waals surface area contributed by atoms with Crippen LogP contribution in [0.3, 0.4) is 0 Å². The molecule has 88 valence electrons. The number of benzene rings is 1. The molecule has 0 bridgehead atoms. The number of hydrogen-bond donors (Lipinski definition) is 2. The molecule has 1 aromatic carbocycles. The van der Waals surface area contributed by atoms with Crippen molar-refractivity contribution < 1.29 is 4.39 Å². The molecule has 1 atom stereocenters. The van der Waals surface area contributed by atoms with Crippen LogP contribution >= 0.6 is 0 Å². The highest BCUT2D eigenvalue weighted by molar-refractivity contribution is 5.43. The second-order valence-electron chi connectivity index (χ2n) is 4.49. The fourth-order valence-electron chi connectivity index (χ4n) is 2.27. The van der Waals surface area contributed by atoms with Crippen molar-refractivity contribution in [3.05, 3.63) is 29.6 Å². The molecule has 0 saturated carbocycles. The van der Waals surface area contributed by atoms with E-state index in [-0.39, 0.29) is 11.5 Å². The van der Waals surface area contributed by atoms with Crippen molar-refractivity contribution >= 4 is 5.69 Å². The number of nitrogen functional groups attached to an aromatic ring is 1. The highest BCUT2D eigenvalue weighted by Gasteiger charge is 2.13. The third-order valence-corrected chi connectivity index (χ3v) is 3.23. The molecular weight excluding hydrogens is 203 g/mol. The van der Waals surface area contributed by atoms with Crippen LogP contribution in [0.4, 0.5) is 10.1 Å². The van der Waals surface area contributed by atoms with Crippen LogP contribution in [0.2, 0.25) is 0 Å². The molecule has 3 heteroatoms. The molecule has 2 rings (SSSR count). The standard InChI is InChI=1S/C13H19FN2/c14-11-7-6-10(9-12(11)15)13-5-3-1-2-4-8-16-13/h6-7,9,13,16H,1-5,8,15H2. The number of nitrogens with two attached hydrogens (primary N) is 1. The lowest BCUT2D eigenvalue weighted by Crippen LogP contribution is -2.24. The van der Waals surface area contributed by atoms with Gasteiger partial charge >= 0.3 is 0 Å². The van der Waals surface area contributed by atoms with E-state index >= 15 is 0 Å². The Hall–Kier alpha value is -1.09. The number of hydrogen-bond acceptors (Lipinski definition) is 2. The summed E-state index contributed by atoms with van der Waals surface area (Å²) in [5.41, 5.74) is 6.96. The highest BCUT2D eigenvalue weighted by Crippen LogP contribution is 2.24. The highest BCUT2D eigenvalue weighted by atomic mass is 19.1. The first-order valence-corrected chi connectivity index (χ1v) is 6.05. The van der Waals surface area contributed by atoms with Crippen LogP contribution < -0.4 is 11.1 Å². The Morgan fingerprint density at radius 3 is 2.81 bits per heavy atom. The van der Waals surface area contributed by atoms with Crippen molar-refractivity contribution in [1.29, 1.82) is 0 Å². The second-order valence-corrected chi connectivity index (χ2v) is 4.49. The minimum Gasteiger partial charge on any atom is -0.396 e. The van der Waals surface area contributed by atoms with Crippen molar-refractivity contribution in [2.24, 2.45) is 0 Å². The van der Waals surface area contributed by atoms with Crippen molar-refractivity contribution in [1.82, 2.24) is 5.32 Å². The van der Waals surface area contributed by atoms with E-state index in [4.69, 9.17) is 5.73 Å². The molecule has 0 aliphatic carbocycles. The molecule has 1 heterocycles. The minimum atomic E-state index is -0.324. The monoisotopic (exact) mass is 222 g/mol. The average Bonchev–Trinajstić information content (AvgIpc) is 2.22. The third-order valence-electron chi connectivity index (χ3n) is 3.23. The predicted octanol–water partition coefficient (Wildman–Crippen LogP) is 3.00. The van der Waals surface area contributed by atoms with Gasteiger partial charge in [-0.1, -0.05) is 25.3 Å². The molecule has 1 aliphatic heterocycles. The summed E-state index contributed by atoms with van der Waals surface area (Å²) in [6.45, 7) is 1.04. The molecular formula is C13H19FN2. The Morgan fingerprint density at radius 2 is 2.00 bits per heavy atom. The van der Waals surface area contributed by atoms with Crippen LogP contribution in [0.15, 0.2) is 18.2 Å². The Labute approximate surface area is 96.0 Å². The normalized spacial score (nSPS) is 22.4. The van der Waals surface area contributed by atoms with Gasteiger partial charge in [0.15, 0.2) is 0 Å². The summed E-state index contributed by atoms with van der Waals surface area (Å²) in [5, 5.41) is 3.51. The topological polar surface area (TPSA) is 38.0 Å². The molecule has 2 nitrogen and oxygen atoms in total.